The van der Waals surface area contributed by atoms with Crippen molar-refractivity contribution in [3.63, 3.8) is 0 Å². The SMILES string of the molecule is O=c1cccc(-c2cccc(C(F)(F)F)c2)n1Cc1ccc(C(F)(F)F)nc1. The van der Waals surface area contributed by atoms with Crippen LogP contribution in [0.1, 0.15) is 16.8 Å². The van der Waals surface area contributed by atoms with Crippen molar-refractivity contribution in [2.45, 2.75) is 18.9 Å². The van der Waals surface area contributed by atoms with Crippen molar-refractivity contribution in [3.8, 4) is 11.3 Å². The third-order valence-corrected chi connectivity index (χ3v) is 3.99. The Morgan fingerprint density at radius 2 is 1.57 bits per heavy atom. The minimum absolute atomic E-state index is 0.142. The van der Waals surface area contributed by atoms with E-state index in [1.165, 1.54) is 41.0 Å². The lowest BCUT2D eigenvalue weighted by Crippen LogP contribution is -2.21. The molecular weight excluding hydrogens is 386 g/mol. The van der Waals surface area contributed by atoms with Gasteiger partial charge in [-0.3, -0.25) is 9.78 Å². The summed E-state index contributed by atoms with van der Waals surface area (Å²) in [6.07, 6.45) is -8.16. The monoisotopic (exact) mass is 398 g/mol. The first-order valence-corrected chi connectivity index (χ1v) is 7.95. The van der Waals surface area contributed by atoms with Crippen LogP contribution in [0.25, 0.3) is 11.3 Å². The average Bonchev–Trinajstić information content (AvgIpc) is 2.62. The first kappa shape index (κ1) is 19.7. The van der Waals surface area contributed by atoms with Crippen LogP contribution >= 0.6 is 0 Å². The second kappa shape index (κ2) is 7.14. The van der Waals surface area contributed by atoms with Crippen LogP contribution in [-0.2, 0) is 18.9 Å². The maximum absolute atomic E-state index is 13.0. The zero-order valence-electron chi connectivity index (χ0n) is 14.1. The molecule has 0 fully saturated rings. The number of pyridine rings is 2. The molecule has 0 bridgehead atoms. The summed E-state index contributed by atoms with van der Waals surface area (Å²) >= 11 is 0. The van der Waals surface area contributed by atoms with Crippen LogP contribution in [0.5, 0.6) is 0 Å². The highest BCUT2D eigenvalue weighted by molar-refractivity contribution is 5.61. The normalized spacial score (nSPS) is 12.2. The molecule has 0 atom stereocenters. The van der Waals surface area contributed by atoms with Crippen LogP contribution < -0.4 is 5.56 Å². The van der Waals surface area contributed by atoms with Gasteiger partial charge in [0.15, 0.2) is 0 Å². The number of hydrogen-bond acceptors (Lipinski definition) is 2. The molecule has 3 rings (SSSR count). The molecule has 0 aliphatic carbocycles. The summed E-state index contributed by atoms with van der Waals surface area (Å²) in [7, 11) is 0. The summed E-state index contributed by atoms with van der Waals surface area (Å²) in [5.74, 6) is 0. The molecule has 0 spiro atoms. The lowest BCUT2D eigenvalue weighted by molar-refractivity contribution is -0.141. The molecule has 28 heavy (non-hydrogen) atoms. The number of nitrogens with zero attached hydrogens (tertiary/aromatic N) is 2. The molecule has 2 aromatic heterocycles. The fourth-order valence-corrected chi connectivity index (χ4v) is 2.66. The summed E-state index contributed by atoms with van der Waals surface area (Å²) in [6, 6.07) is 10.5. The van der Waals surface area contributed by atoms with Crippen LogP contribution in [0.4, 0.5) is 26.3 Å². The quantitative estimate of drug-likeness (QED) is 0.583. The molecular formula is C19H12F6N2O. The Morgan fingerprint density at radius 3 is 2.18 bits per heavy atom. The Bertz CT molecular complexity index is 1040. The van der Waals surface area contributed by atoms with Gasteiger partial charge in [0, 0.05) is 12.3 Å². The molecule has 0 saturated carbocycles. The largest absolute Gasteiger partial charge is 0.433 e. The van der Waals surface area contributed by atoms with Crippen molar-refractivity contribution < 1.29 is 26.3 Å². The second-order valence-corrected chi connectivity index (χ2v) is 5.96. The molecule has 0 unspecified atom stereocenters. The summed E-state index contributed by atoms with van der Waals surface area (Å²) in [6.45, 7) is -0.142. The third kappa shape index (κ3) is 4.24. The molecule has 0 saturated heterocycles. The maximum atomic E-state index is 13.0. The van der Waals surface area contributed by atoms with Crippen molar-refractivity contribution in [2.75, 3.05) is 0 Å². The molecule has 0 N–H and O–H groups in total. The van der Waals surface area contributed by atoms with Crippen molar-refractivity contribution in [1.29, 1.82) is 0 Å². The van der Waals surface area contributed by atoms with E-state index in [0.717, 1.165) is 24.4 Å². The number of benzene rings is 1. The fraction of sp³-hybridized carbons (Fsp3) is 0.158. The van der Waals surface area contributed by atoms with Gasteiger partial charge in [0.25, 0.3) is 5.56 Å². The number of alkyl halides is 6. The first-order chi connectivity index (χ1) is 13.1. The topological polar surface area (TPSA) is 34.9 Å². The molecule has 0 aliphatic rings. The lowest BCUT2D eigenvalue weighted by atomic mass is 10.1. The van der Waals surface area contributed by atoms with Crippen molar-refractivity contribution >= 4 is 0 Å². The van der Waals surface area contributed by atoms with E-state index < -0.39 is 29.2 Å². The highest BCUT2D eigenvalue weighted by Gasteiger charge is 2.32. The smallest absolute Gasteiger partial charge is 0.304 e. The van der Waals surface area contributed by atoms with E-state index in [2.05, 4.69) is 4.98 Å². The van der Waals surface area contributed by atoms with Crippen LogP contribution in [0.2, 0.25) is 0 Å². The zero-order chi connectivity index (χ0) is 20.5. The van der Waals surface area contributed by atoms with Gasteiger partial charge >= 0.3 is 12.4 Å². The van der Waals surface area contributed by atoms with Crippen molar-refractivity contribution in [3.05, 3.63) is 88.0 Å². The molecule has 0 aliphatic heterocycles. The molecule has 3 aromatic rings. The Labute approximate surface area is 154 Å². The second-order valence-electron chi connectivity index (χ2n) is 5.96. The van der Waals surface area contributed by atoms with Gasteiger partial charge in [-0.1, -0.05) is 24.3 Å². The summed E-state index contributed by atoms with van der Waals surface area (Å²) < 4.78 is 78.0. The maximum Gasteiger partial charge on any atom is 0.433 e. The van der Waals surface area contributed by atoms with E-state index >= 15 is 0 Å². The highest BCUT2D eigenvalue weighted by Crippen LogP contribution is 2.32. The minimum atomic E-state index is -4.59. The molecule has 1 aromatic carbocycles. The van der Waals surface area contributed by atoms with Crippen LogP contribution in [-0.4, -0.2) is 9.55 Å². The Balaban J connectivity index is 2.01. The van der Waals surface area contributed by atoms with E-state index in [0.29, 0.717) is 5.56 Å². The number of halogens is 6. The van der Waals surface area contributed by atoms with Gasteiger partial charge in [0.2, 0.25) is 0 Å². The predicted octanol–water partition coefficient (Wildman–Crippen LogP) is 5.00. The first-order valence-electron chi connectivity index (χ1n) is 7.95. The highest BCUT2D eigenvalue weighted by atomic mass is 19.4. The Morgan fingerprint density at radius 1 is 0.857 bits per heavy atom. The van der Waals surface area contributed by atoms with Crippen molar-refractivity contribution in [2.24, 2.45) is 0 Å². The Hall–Kier alpha value is -3.10. The molecule has 9 heteroatoms. The van der Waals surface area contributed by atoms with Crippen LogP contribution in [0.15, 0.2) is 65.6 Å². The third-order valence-electron chi connectivity index (χ3n) is 3.99. The molecule has 2 heterocycles. The van der Waals surface area contributed by atoms with Crippen molar-refractivity contribution in [1.82, 2.24) is 9.55 Å². The average molecular weight is 398 g/mol. The number of rotatable bonds is 3. The van der Waals surface area contributed by atoms with Crippen LogP contribution in [0, 0.1) is 0 Å². The fourth-order valence-electron chi connectivity index (χ4n) is 2.66. The summed E-state index contributed by atoms with van der Waals surface area (Å²) in [4.78, 5) is 15.6. The van der Waals surface area contributed by atoms with Gasteiger partial charge in [0.05, 0.1) is 17.8 Å². The van der Waals surface area contributed by atoms with Gasteiger partial charge in [-0.15, -0.1) is 0 Å². The Kier molecular flexibility index (Phi) is 5.01. The molecule has 146 valence electrons. The lowest BCUT2D eigenvalue weighted by Gasteiger charge is -2.15. The zero-order valence-corrected chi connectivity index (χ0v) is 14.1. The van der Waals surface area contributed by atoms with Gasteiger partial charge in [-0.25, -0.2) is 0 Å². The summed E-state index contributed by atoms with van der Waals surface area (Å²) in [5, 5.41) is 0. The summed E-state index contributed by atoms with van der Waals surface area (Å²) in [5.41, 5.74) is -1.78. The van der Waals surface area contributed by atoms with Crippen LogP contribution in [0.3, 0.4) is 0 Å². The van der Waals surface area contributed by atoms with E-state index in [-0.39, 0.29) is 17.8 Å². The van der Waals surface area contributed by atoms with Gasteiger partial charge < -0.3 is 4.57 Å². The standard InChI is InChI=1S/C19H12F6N2O/c20-18(21,22)14-4-1-3-13(9-14)15-5-2-6-17(28)27(15)11-12-7-8-16(26-10-12)19(23,24)25/h1-10H,11H2. The minimum Gasteiger partial charge on any atom is -0.304 e. The van der Waals surface area contributed by atoms with Gasteiger partial charge in [-0.2, -0.15) is 26.3 Å². The number of hydrogen-bond donors (Lipinski definition) is 0. The molecule has 0 radical (unpaired) electrons. The van der Waals surface area contributed by atoms with E-state index in [4.69, 9.17) is 0 Å². The van der Waals surface area contributed by atoms with Gasteiger partial charge in [-0.05, 0) is 35.4 Å². The van der Waals surface area contributed by atoms with E-state index in [1.54, 1.807) is 0 Å². The van der Waals surface area contributed by atoms with Gasteiger partial charge in [0.1, 0.15) is 5.69 Å². The predicted molar refractivity (Wildman–Crippen MR) is 89.5 cm³/mol. The number of aromatic nitrogens is 2. The van der Waals surface area contributed by atoms with E-state index in [9.17, 15) is 31.1 Å². The molecule has 3 nitrogen and oxygen atoms in total. The molecule has 0 amide bonds. The van der Waals surface area contributed by atoms with E-state index in [1.807, 2.05) is 0 Å².